The summed E-state index contributed by atoms with van der Waals surface area (Å²) in [5.74, 6) is -1.35. The molecule has 3 rings (SSSR count). The fourth-order valence-electron chi connectivity index (χ4n) is 2.52. The standard InChI is InChI=1S/C15H15F2N3/c16-11-6-5-9(7-12(11)17)15-19-8-10-13(18)3-1-2-4-14(10)20-15/h5-8,13H,1-4,18H2. The molecule has 0 aliphatic heterocycles. The van der Waals surface area contributed by atoms with Gasteiger partial charge in [-0.3, -0.25) is 0 Å². The van der Waals surface area contributed by atoms with E-state index in [0.29, 0.717) is 11.4 Å². The molecule has 1 aliphatic carbocycles. The zero-order valence-electron chi connectivity index (χ0n) is 10.9. The van der Waals surface area contributed by atoms with Crippen molar-refractivity contribution < 1.29 is 8.78 Å². The van der Waals surface area contributed by atoms with Crippen molar-refractivity contribution in [2.75, 3.05) is 0 Å². The quantitative estimate of drug-likeness (QED) is 0.813. The lowest BCUT2D eigenvalue weighted by molar-refractivity contribution is 0.509. The second-order valence-corrected chi connectivity index (χ2v) is 5.08. The Labute approximate surface area is 115 Å². The molecule has 1 atom stereocenters. The van der Waals surface area contributed by atoms with Gasteiger partial charge in [-0.05, 0) is 37.5 Å². The summed E-state index contributed by atoms with van der Waals surface area (Å²) in [4.78, 5) is 8.73. The van der Waals surface area contributed by atoms with Gasteiger partial charge in [0.05, 0.1) is 0 Å². The van der Waals surface area contributed by atoms with Crippen LogP contribution in [-0.4, -0.2) is 9.97 Å². The van der Waals surface area contributed by atoms with Crippen LogP contribution < -0.4 is 5.73 Å². The maximum absolute atomic E-state index is 13.3. The summed E-state index contributed by atoms with van der Waals surface area (Å²) in [6.07, 6.45) is 5.60. The monoisotopic (exact) mass is 275 g/mol. The number of rotatable bonds is 1. The highest BCUT2D eigenvalue weighted by molar-refractivity contribution is 5.55. The van der Waals surface area contributed by atoms with E-state index in [1.165, 1.54) is 6.07 Å². The zero-order valence-corrected chi connectivity index (χ0v) is 10.9. The number of nitrogens with zero attached hydrogens (tertiary/aromatic N) is 2. The van der Waals surface area contributed by atoms with E-state index in [1.54, 1.807) is 6.20 Å². The van der Waals surface area contributed by atoms with Crippen molar-refractivity contribution in [3.63, 3.8) is 0 Å². The molecule has 1 aromatic carbocycles. The van der Waals surface area contributed by atoms with Gasteiger partial charge < -0.3 is 5.73 Å². The number of hydrogen-bond acceptors (Lipinski definition) is 3. The third-order valence-corrected chi connectivity index (χ3v) is 3.66. The largest absolute Gasteiger partial charge is 0.324 e. The van der Waals surface area contributed by atoms with Gasteiger partial charge in [0.25, 0.3) is 0 Å². The maximum Gasteiger partial charge on any atom is 0.159 e. The van der Waals surface area contributed by atoms with Crippen LogP contribution >= 0.6 is 0 Å². The Morgan fingerprint density at radius 3 is 2.80 bits per heavy atom. The predicted molar refractivity (Wildman–Crippen MR) is 71.9 cm³/mol. The van der Waals surface area contributed by atoms with Crippen LogP contribution in [0.15, 0.2) is 24.4 Å². The normalized spacial score (nSPS) is 18.4. The Morgan fingerprint density at radius 2 is 2.00 bits per heavy atom. The molecule has 5 heteroatoms. The number of hydrogen-bond donors (Lipinski definition) is 1. The molecule has 0 amide bonds. The molecule has 0 spiro atoms. The van der Waals surface area contributed by atoms with Crippen LogP contribution in [0.1, 0.15) is 36.6 Å². The Balaban J connectivity index is 2.03. The SMILES string of the molecule is NC1CCCCc2nc(-c3ccc(F)c(F)c3)ncc21. The van der Waals surface area contributed by atoms with Crippen molar-refractivity contribution in [3.8, 4) is 11.4 Å². The summed E-state index contributed by atoms with van der Waals surface area (Å²) >= 11 is 0. The summed E-state index contributed by atoms with van der Waals surface area (Å²) in [5.41, 5.74) is 8.45. The molecule has 3 nitrogen and oxygen atoms in total. The minimum atomic E-state index is -0.891. The van der Waals surface area contributed by atoms with Crippen LogP contribution in [-0.2, 0) is 6.42 Å². The number of benzene rings is 1. The van der Waals surface area contributed by atoms with Gasteiger partial charge in [-0.1, -0.05) is 6.42 Å². The number of fused-ring (bicyclic) bond motifs is 1. The van der Waals surface area contributed by atoms with E-state index in [-0.39, 0.29) is 6.04 Å². The number of aromatic nitrogens is 2. The first-order valence-electron chi connectivity index (χ1n) is 6.72. The highest BCUT2D eigenvalue weighted by atomic mass is 19.2. The Bertz CT molecular complexity index is 643. The Hall–Kier alpha value is -1.88. The Morgan fingerprint density at radius 1 is 1.15 bits per heavy atom. The number of halogens is 2. The summed E-state index contributed by atoms with van der Waals surface area (Å²) < 4.78 is 26.2. The van der Waals surface area contributed by atoms with E-state index in [2.05, 4.69) is 9.97 Å². The molecule has 20 heavy (non-hydrogen) atoms. The lowest BCUT2D eigenvalue weighted by Crippen LogP contribution is -2.12. The van der Waals surface area contributed by atoms with Crippen molar-refractivity contribution in [2.45, 2.75) is 31.7 Å². The molecule has 1 aliphatic rings. The third kappa shape index (κ3) is 2.41. The van der Waals surface area contributed by atoms with Crippen LogP contribution in [0.25, 0.3) is 11.4 Å². The second kappa shape index (κ2) is 5.25. The molecular weight excluding hydrogens is 260 g/mol. The average Bonchev–Trinajstić information content (AvgIpc) is 2.63. The molecule has 1 heterocycles. The average molecular weight is 275 g/mol. The summed E-state index contributed by atoms with van der Waals surface area (Å²) in [5, 5.41) is 0. The van der Waals surface area contributed by atoms with Crippen LogP contribution in [0.5, 0.6) is 0 Å². The van der Waals surface area contributed by atoms with Crippen molar-refractivity contribution in [1.29, 1.82) is 0 Å². The minimum absolute atomic E-state index is 0.0356. The van der Waals surface area contributed by atoms with Crippen molar-refractivity contribution >= 4 is 0 Å². The van der Waals surface area contributed by atoms with E-state index < -0.39 is 11.6 Å². The molecule has 104 valence electrons. The molecule has 1 unspecified atom stereocenters. The molecule has 1 aromatic heterocycles. The van der Waals surface area contributed by atoms with Crippen LogP contribution in [0.2, 0.25) is 0 Å². The molecule has 0 radical (unpaired) electrons. The molecular formula is C15H15F2N3. The highest BCUT2D eigenvalue weighted by Gasteiger charge is 2.18. The van der Waals surface area contributed by atoms with Gasteiger partial charge in [0, 0.05) is 29.1 Å². The van der Waals surface area contributed by atoms with E-state index in [4.69, 9.17) is 5.73 Å². The first-order valence-corrected chi connectivity index (χ1v) is 6.72. The highest BCUT2D eigenvalue weighted by Crippen LogP contribution is 2.27. The summed E-state index contributed by atoms with van der Waals surface area (Å²) in [7, 11) is 0. The van der Waals surface area contributed by atoms with Crippen molar-refractivity contribution in [2.24, 2.45) is 5.73 Å². The maximum atomic E-state index is 13.3. The minimum Gasteiger partial charge on any atom is -0.324 e. The molecule has 0 saturated heterocycles. The van der Waals surface area contributed by atoms with Crippen LogP contribution in [0, 0.1) is 11.6 Å². The van der Waals surface area contributed by atoms with Gasteiger partial charge >= 0.3 is 0 Å². The molecule has 0 bridgehead atoms. The Kier molecular flexibility index (Phi) is 3.44. The fraction of sp³-hybridized carbons (Fsp3) is 0.333. The van der Waals surface area contributed by atoms with E-state index in [1.807, 2.05) is 0 Å². The number of aryl methyl sites for hydroxylation is 1. The lowest BCUT2D eigenvalue weighted by atomic mass is 10.1. The molecule has 0 saturated carbocycles. The van der Waals surface area contributed by atoms with Gasteiger partial charge in [0.1, 0.15) is 0 Å². The van der Waals surface area contributed by atoms with E-state index in [9.17, 15) is 8.78 Å². The van der Waals surface area contributed by atoms with Crippen LogP contribution in [0.4, 0.5) is 8.78 Å². The second-order valence-electron chi connectivity index (χ2n) is 5.08. The lowest BCUT2D eigenvalue weighted by Gasteiger charge is -2.12. The third-order valence-electron chi connectivity index (χ3n) is 3.66. The first-order chi connectivity index (χ1) is 9.65. The molecule has 2 N–H and O–H groups in total. The predicted octanol–water partition coefficient (Wildman–Crippen LogP) is 3.15. The van der Waals surface area contributed by atoms with Gasteiger partial charge in [-0.15, -0.1) is 0 Å². The topological polar surface area (TPSA) is 51.8 Å². The summed E-state index contributed by atoms with van der Waals surface area (Å²) in [6.45, 7) is 0. The van der Waals surface area contributed by atoms with Gasteiger partial charge in [-0.2, -0.15) is 0 Å². The molecule has 2 aromatic rings. The van der Waals surface area contributed by atoms with Crippen LogP contribution in [0.3, 0.4) is 0 Å². The molecule has 0 fully saturated rings. The van der Waals surface area contributed by atoms with Gasteiger partial charge in [0.15, 0.2) is 17.5 Å². The zero-order chi connectivity index (χ0) is 14.1. The van der Waals surface area contributed by atoms with Gasteiger partial charge in [0.2, 0.25) is 0 Å². The van der Waals surface area contributed by atoms with E-state index >= 15 is 0 Å². The fourth-order valence-corrected chi connectivity index (χ4v) is 2.52. The van der Waals surface area contributed by atoms with Gasteiger partial charge in [-0.25, -0.2) is 18.7 Å². The first kappa shape index (κ1) is 13.1. The van der Waals surface area contributed by atoms with Crippen molar-refractivity contribution in [3.05, 3.63) is 47.3 Å². The number of nitrogens with two attached hydrogens (primary N) is 1. The summed E-state index contributed by atoms with van der Waals surface area (Å²) in [6, 6.07) is 3.65. The van der Waals surface area contributed by atoms with Crippen molar-refractivity contribution in [1.82, 2.24) is 9.97 Å². The van der Waals surface area contributed by atoms with E-state index in [0.717, 1.165) is 49.1 Å². The smallest absolute Gasteiger partial charge is 0.159 e.